The molecule has 9 heavy (non-hydrogen) atoms. The van der Waals surface area contributed by atoms with E-state index in [2.05, 4.69) is 27.7 Å². The average molecular weight is 127 g/mol. The van der Waals surface area contributed by atoms with E-state index in [-0.39, 0.29) is 5.41 Å². The molecule has 0 saturated heterocycles. The normalized spacial score (nSPS) is 13.4. The molecule has 0 aliphatic heterocycles. The minimum absolute atomic E-state index is 0.245. The molecule has 0 amide bonds. The van der Waals surface area contributed by atoms with Crippen molar-refractivity contribution in [3.63, 3.8) is 0 Å². The molecular formula is C8H17N. The number of hydrogen-bond acceptors (Lipinski definition) is 1. The van der Waals surface area contributed by atoms with Gasteiger partial charge in [0.2, 0.25) is 0 Å². The highest BCUT2D eigenvalue weighted by Crippen LogP contribution is 2.26. The highest BCUT2D eigenvalue weighted by atomic mass is 14.5. The third-order valence-corrected chi connectivity index (χ3v) is 2.01. The smallest absolute Gasteiger partial charge is 0.00975 e. The zero-order valence-electron chi connectivity index (χ0n) is 6.81. The molecule has 54 valence electrons. The molecule has 0 saturated carbocycles. The molecule has 0 spiro atoms. The molecule has 0 aromatic carbocycles. The summed E-state index contributed by atoms with van der Waals surface area (Å²) >= 11 is 0. The van der Waals surface area contributed by atoms with Gasteiger partial charge in [0.05, 0.1) is 0 Å². The van der Waals surface area contributed by atoms with Crippen molar-refractivity contribution in [2.75, 3.05) is 0 Å². The van der Waals surface area contributed by atoms with Crippen molar-refractivity contribution in [1.82, 2.24) is 0 Å². The van der Waals surface area contributed by atoms with Gasteiger partial charge in [-0.15, -0.1) is 0 Å². The Bertz CT molecular complexity index is 101. The highest BCUT2D eigenvalue weighted by Gasteiger charge is 2.17. The van der Waals surface area contributed by atoms with E-state index in [1.165, 1.54) is 0 Å². The molecular weight excluding hydrogens is 110 g/mol. The van der Waals surface area contributed by atoms with Crippen LogP contribution in [0.5, 0.6) is 0 Å². The van der Waals surface area contributed by atoms with Crippen LogP contribution in [-0.4, -0.2) is 0 Å². The maximum Gasteiger partial charge on any atom is -0.00975 e. The summed E-state index contributed by atoms with van der Waals surface area (Å²) in [5.41, 5.74) is 5.52. The molecule has 0 unspecified atom stereocenters. The van der Waals surface area contributed by atoms with Gasteiger partial charge >= 0.3 is 0 Å². The van der Waals surface area contributed by atoms with Crippen LogP contribution >= 0.6 is 0 Å². The fourth-order valence-electron chi connectivity index (χ4n) is 0.440. The Morgan fingerprint density at radius 1 is 1.33 bits per heavy atom. The first-order valence-corrected chi connectivity index (χ1v) is 3.40. The summed E-state index contributed by atoms with van der Waals surface area (Å²) in [5.74, 6) is 0.650. The van der Waals surface area contributed by atoms with Gasteiger partial charge < -0.3 is 5.73 Å². The summed E-state index contributed by atoms with van der Waals surface area (Å²) < 4.78 is 0. The lowest BCUT2D eigenvalue weighted by atomic mass is 9.81. The Hall–Kier alpha value is -0.460. The van der Waals surface area contributed by atoms with E-state index in [4.69, 9.17) is 5.73 Å². The van der Waals surface area contributed by atoms with E-state index in [9.17, 15) is 0 Å². The third-order valence-electron chi connectivity index (χ3n) is 2.01. The first-order valence-electron chi connectivity index (χ1n) is 3.40. The summed E-state index contributed by atoms with van der Waals surface area (Å²) in [4.78, 5) is 0. The van der Waals surface area contributed by atoms with E-state index in [1.54, 1.807) is 6.20 Å². The van der Waals surface area contributed by atoms with Gasteiger partial charge in [-0.25, -0.2) is 0 Å². The van der Waals surface area contributed by atoms with Gasteiger partial charge in [-0.05, 0) is 17.5 Å². The molecule has 0 radical (unpaired) electrons. The van der Waals surface area contributed by atoms with Crippen LogP contribution in [0.3, 0.4) is 0 Å². The van der Waals surface area contributed by atoms with E-state index < -0.39 is 0 Å². The molecule has 0 aliphatic carbocycles. The summed E-state index contributed by atoms with van der Waals surface area (Å²) in [6.45, 7) is 8.75. The number of nitrogens with two attached hydrogens (primary N) is 1. The average Bonchev–Trinajstić information content (AvgIpc) is 1.65. The first-order chi connectivity index (χ1) is 4.00. The second kappa shape index (κ2) is 2.90. The van der Waals surface area contributed by atoms with Gasteiger partial charge in [-0.3, -0.25) is 0 Å². The fourth-order valence-corrected chi connectivity index (χ4v) is 0.440. The molecule has 0 heterocycles. The van der Waals surface area contributed by atoms with E-state index in [0.717, 1.165) is 0 Å². The standard InChI is InChI=1S/C8H17N/c1-7(2)8(3,4)5-6-9/h5-7H,9H2,1-4H3. The quantitative estimate of drug-likeness (QED) is 0.604. The zero-order valence-corrected chi connectivity index (χ0v) is 6.81. The van der Waals surface area contributed by atoms with Gasteiger partial charge in [-0.2, -0.15) is 0 Å². The molecule has 0 rings (SSSR count). The van der Waals surface area contributed by atoms with Crippen molar-refractivity contribution in [3.8, 4) is 0 Å². The molecule has 0 fully saturated rings. The van der Waals surface area contributed by atoms with E-state index in [0.29, 0.717) is 5.92 Å². The number of rotatable bonds is 2. The molecule has 0 aliphatic rings. The van der Waals surface area contributed by atoms with Gasteiger partial charge in [0.15, 0.2) is 0 Å². The van der Waals surface area contributed by atoms with Crippen molar-refractivity contribution >= 4 is 0 Å². The second-order valence-corrected chi connectivity index (χ2v) is 3.34. The van der Waals surface area contributed by atoms with Gasteiger partial charge in [0.25, 0.3) is 0 Å². The van der Waals surface area contributed by atoms with Gasteiger partial charge in [0.1, 0.15) is 0 Å². The topological polar surface area (TPSA) is 26.0 Å². The summed E-state index contributed by atoms with van der Waals surface area (Å²) in [7, 11) is 0. The molecule has 0 bridgehead atoms. The van der Waals surface area contributed by atoms with E-state index in [1.807, 2.05) is 6.08 Å². The lowest BCUT2D eigenvalue weighted by Gasteiger charge is -2.24. The summed E-state index contributed by atoms with van der Waals surface area (Å²) in [5, 5.41) is 0. The van der Waals surface area contributed by atoms with Crippen LogP contribution < -0.4 is 5.73 Å². The van der Waals surface area contributed by atoms with Crippen LogP contribution in [0.2, 0.25) is 0 Å². The second-order valence-electron chi connectivity index (χ2n) is 3.34. The van der Waals surface area contributed by atoms with Gasteiger partial charge in [0, 0.05) is 0 Å². The maximum absolute atomic E-state index is 5.27. The molecule has 2 N–H and O–H groups in total. The van der Waals surface area contributed by atoms with E-state index >= 15 is 0 Å². The van der Waals surface area contributed by atoms with Crippen molar-refractivity contribution in [2.45, 2.75) is 27.7 Å². The van der Waals surface area contributed by atoms with Crippen molar-refractivity contribution < 1.29 is 0 Å². The maximum atomic E-state index is 5.27. The highest BCUT2D eigenvalue weighted by molar-refractivity contribution is 4.93. The molecule has 1 heteroatoms. The first kappa shape index (κ1) is 8.54. The zero-order chi connectivity index (χ0) is 7.49. The Balaban J connectivity index is 4.01. The SMILES string of the molecule is CC(C)C(C)(C)C=CN. The van der Waals surface area contributed by atoms with Crippen molar-refractivity contribution in [2.24, 2.45) is 17.1 Å². The molecule has 0 aromatic heterocycles. The predicted molar refractivity (Wildman–Crippen MR) is 41.9 cm³/mol. The van der Waals surface area contributed by atoms with Gasteiger partial charge in [-0.1, -0.05) is 33.8 Å². The Kier molecular flexibility index (Phi) is 2.75. The summed E-state index contributed by atoms with van der Waals surface area (Å²) in [6.07, 6.45) is 3.66. The minimum atomic E-state index is 0.245. The molecule has 0 aromatic rings. The Morgan fingerprint density at radius 3 is 1.89 bits per heavy atom. The fraction of sp³-hybridized carbons (Fsp3) is 0.750. The Labute approximate surface area is 57.9 Å². The van der Waals surface area contributed by atoms with Crippen molar-refractivity contribution in [3.05, 3.63) is 12.3 Å². The van der Waals surface area contributed by atoms with Crippen molar-refractivity contribution in [1.29, 1.82) is 0 Å². The number of allylic oxidation sites excluding steroid dienone is 1. The Morgan fingerprint density at radius 2 is 1.78 bits per heavy atom. The predicted octanol–water partition coefficient (Wildman–Crippen LogP) is 2.14. The van der Waals surface area contributed by atoms with Crippen LogP contribution in [-0.2, 0) is 0 Å². The summed E-state index contributed by atoms with van der Waals surface area (Å²) in [6, 6.07) is 0. The van der Waals surface area contributed by atoms with Crippen LogP contribution in [0, 0.1) is 11.3 Å². The molecule has 0 atom stereocenters. The van der Waals surface area contributed by atoms with Crippen LogP contribution in [0.1, 0.15) is 27.7 Å². The van der Waals surface area contributed by atoms with Crippen LogP contribution in [0.25, 0.3) is 0 Å². The third kappa shape index (κ3) is 2.54. The lowest BCUT2D eigenvalue weighted by Crippen LogP contribution is -2.15. The monoisotopic (exact) mass is 127 g/mol. The van der Waals surface area contributed by atoms with Crippen LogP contribution in [0.15, 0.2) is 12.3 Å². The van der Waals surface area contributed by atoms with Crippen LogP contribution in [0.4, 0.5) is 0 Å². The molecule has 1 nitrogen and oxygen atoms in total. The minimum Gasteiger partial charge on any atom is -0.405 e. The lowest BCUT2D eigenvalue weighted by molar-refractivity contribution is 0.332. The number of hydrogen-bond donors (Lipinski definition) is 1. The largest absolute Gasteiger partial charge is 0.405 e.